The third kappa shape index (κ3) is 5.30. The van der Waals surface area contributed by atoms with Crippen molar-refractivity contribution in [3.63, 3.8) is 0 Å². The predicted octanol–water partition coefficient (Wildman–Crippen LogP) is 2.01. The molecule has 0 bridgehead atoms. The van der Waals surface area contributed by atoms with Gasteiger partial charge >= 0.3 is 5.97 Å². The third-order valence-electron chi connectivity index (χ3n) is 2.89. The maximum Gasteiger partial charge on any atom is 0.305 e. The van der Waals surface area contributed by atoms with Crippen molar-refractivity contribution in [1.29, 1.82) is 0 Å². The molecular formula is C15H21NO4. The van der Waals surface area contributed by atoms with Gasteiger partial charge in [0.2, 0.25) is 0 Å². The van der Waals surface area contributed by atoms with E-state index in [1.165, 1.54) is 4.90 Å². The van der Waals surface area contributed by atoms with Crippen LogP contribution in [0.5, 0.6) is 5.75 Å². The van der Waals surface area contributed by atoms with E-state index in [-0.39, 0.29) is 25.5 Å². The number of aliphatic carboxylic acids is 1. The summed E-state index contributed by atoms with van der Waals surface area (Å²) in [5, 5.41) is 8.64. The number of carbonyl (C=O) groups excluding carboxylic acids is 1. The van der Waals surface area contributed by atoms with Crippen LogP contribution in [0.4, 0.5) is 0 Å². The summed E-state index contributed by atoms with van der Waals surface area (Å²) in [6.07, 6.45) is -0.0524. The van der Waals surface area contributed by atoms with Crippen LogP contribution in [-0.2, 0) is 9.59 Å². The van der Waals surface area contributed by atoms with Gasteiger partial charge in [-0.15, -0.1) is 0 Å². The lowest BCUT2D eigenvalue weighted by Gasteiger charge is -2.20. The van der Waals surface area contributed by atoms with Gasteiger partial charge in [0.1, 0.15) is 5.75 Å². The van der Waals surface area contributed by atoms with E-state index in [4.69, 9.17) is 9.84 Å². The highest BCUT2D eigenvalue weighted by atomic mass is 16.5. The fourth-order valence-corrected chi connectivity index (χ4v) is 1.94. The van der Waals surface area contributed by atoms with Crippen LogP contribution in [0.3, 0.4) is 0 Å². The molecule has 1 amide bonds. The van der Waals surface area contributed by atoms with Gasteiger partial charge in [-0.1, -0.05) is 6.07 Å². The Kier molecular flexibility index (Phi) is 6.03. The smallest absolute Gasteiger partial charge is 0.305 e. The van der Waals surface area contributed by atoms with Crippen molar-refractivity contribution in [3.8, 4) is 5.75 Å². The van der Waals surface area contributed by atoms with Crippen molar-refractivity contribution in [2.75, 3.05) is 19.7 Å². The Morgan fingerprint density at radius 2 is 1.80 bits per heavy atom. The van der Waals surface area contributed by atoms with E-state index in [1.54, 1.807) is 0 Å². The highest BCUT2D eigenvalue weighted by molar-refractivity contribution is 5.78. The van der Waals surface area contributed by atoms with Gasteiger partial charge in [-0.2, -0.15) is 0 Å². The van der Waals surface area contributed by atoms with Gasteiger partial charge in [0.05, 0.1) is 6.42 Å². The van der Waals surface area contributed by atoms with Crippen molar-refractivity contribution in [2.24, 2.45) is 0 Å². The van der Waals surface area contributed by atoms with E-state index in [9.17, 15) is 9.59 Å². The lowest BCUT2D eigenvalue weighted by molar-refractivity contribution is -0.139. The largest absolute Gasteiger partial charge is 0.484 e. The minimum absolute atomic E-state index is 0.0524. The van der Waals surface area contributed by atoms with Crippen molar-refractivity contribution in [3.05, 3.63) is 29.3 Å². The third-order valence-corrected chi connectivity index (χ3v) is 2.89. The molecule has 110 valence electrons. The zero-order valence-electron chi connectivity index (χ0n) is 12.2. The number of aryl methyl sites for hydroxylation is 2. The minimum Gasteiger partial charge on any atom is -0.484 e. The lowest BCUT2D eigenvalue weighted by atomic mass is 10.1. The Morgan fingerprint density at radius 1 is 1.20 bits per heavy atom. The van der Waals surface area contributed by atoms with E-state index in [2.05, 4.69) is 0 Å². The normalized spacial score (nSPS) is 10.2. The Morgan fingerprint density at radius 3 is 2.30 bits per heavy atom. The van der Waals surface area contributed by atoms with E-state index in [0.717, 1.165) is 11.1 Å². The summed E-state index contributed by atoms with van der Waals surface area (Å²) in [6.45, 7) is 6.36. The molecule has 0 fully saturated rings. The first-order valence-electron chi connectivity index (χ1n) is 6.63. The van der Waals surface area contributed by atoms with E-state index < -0.39 is 5.97 Å². The summed E-state index contributed by atoms with van der Waals surface area (Å²) >= 11 is 0. The zero-order chi connectivity index (χ0) is 15.1. The van der Waals surface area contributed by atoms with Crippen molar-refractivity contribution >= 4 is 11.9 Å². The highest BCUT2D eigenvalue weighted by Crippen LogP contribution is 2.16. The molecule has 0 aliphatic carbocycles. The summed E-state index contributed by atoms with van der Waals surface area (Å²) in [5.74, 6) is -0.454. The Bertz CT molecular complexity index is 465. The van der Waals surface area contributed by atoms with Crippen molar-refractivity contribution < 1.29 is 19.4 Å². The lowest BCUT2D eigenvalue weighted by Crippen LogP contribution is -2.36. The molecule has 0 heterocycles. The van der Waals surface area contributed by atoms with Crippen LogP contribution < -0.4 is 4.74 Å². The molecule has 0 aliphatic heterocycles. The number of carboxylic acid groups (broad SMARTS) is 1. The Labute approximate surface area is 119 Å². The molecule has 5 heteroatoms. The maximum atomic E-state index is 11.9. The van der Waals surface area contributed by atoms with Crippen LogP contribution >= 0.6 is 0 Å². The van der Waals surface area contributed by atoms with Crippen molar-refractivity contribution in [2.45, 2.75) is 27.2 Å². The fraction of sp³-hybridized carbons (Fsp3) is 0.467. The summed E-state index contributed by atoms with van der Waals surface area (Å²) in [5.41, 5.74) is 2.15. The average Bonchev–Trinajstić information content (AvgIpc) is 2.35. The second-order valence-electron chi connectivity index (χ2n) is 4.73. The topological polar surface area (TPSA) is 66.8 Å². The van der Waals surface area contributed by atoms with Crippen molar-refractivity contribution in [1.82, 2.24) is 4.90 Å². The number of carbonyl (C=O) groups is 2. The molecular weight excluding hydrogens is 258 g/mol. The molecule has 20 heavy (non-hydrogen) atoms. The van der Waals surface area contributed by atoms with Crippen LogP contribution in [-0.4, -0.2) is 41.6 Å². The number of nitrogens with zero attached hydrogens (tertiary/aromatic N) is 1. The standard InChI is InChI=1S/C15H21NO4/c1-4-16(6-5-15(18)19)14(17)10-20-13-8-11(2)7-12(3)9-13/h7-9H,4-6,10H2,1-3H3,(H,18,19). The first-order valence-corrected chi connectivity index (χ1v) is 6.63. The average molecular weight is 279 g/mol. The number of likely N-dealkylation sites (N-methyl/N-ethyl adjacent to an activating group) is 1. The van der Waals surface area contributed by atoms with Gasteiger partial charge in [-0.25, -0.2) is 0 Å². The molecule has 1 aromatic carbocycles. The first-order chi connectivity index (χ1) is 9.42. The monoisotopic (exact) mass is 279 g/mol. The molecule has 0 aromatic heterocycles. The molecule has 0 saturated carbocycles. The molecule has 1 rings (SSSR count). The first kappa shape index (κ1) is 16.0. The highest BCUT2D eigenvalue weighted by Gasteiger charge is 2.13. The fourth-order valence-electron chi connectivity index (χ4n) is 1.94. The molecule has 1 aromatic rings. The summed E-state index contributed by atoms with van der Waals surface area (Å²) < 4.78 is 5.48. The quantitative estimate of drug-likeness (QED) is 0.829. The molecule has 0 aliphatic rings. The van der Waals surface area contributed by atoms with Gasteiger partial charge in [0, 0.05) is 13.1 Å². The van der Waals surface area contributed by atoms with Crippen LogP contribution in [0, 0.1) is 13.8 Å². The number of hydrogen-bond donors (Lipinski definition) is 1. The summed E-state index contributed by atoms with van der Waals surface area (Å²) in [7, 11) is 0. The molecule has 0 unspecified atom stereocenters. The van der Waals surface area contributed by atoms with Gasteiger partial charge in [-0.3, -0.25) is 9.59 Å². The van der Waals surface area contributed by atoms with E-state index >= 15 is 0 Å². The second kappa shape index (κ2) is 7.53. The predicted molar refractivity (Wildman–Crippen MR) is 75.9 cm³/mol. The number of benzene rings is 1. The van der Waals surface area contributed by atoms with Crippen LogP contribution in [0.2, 0.25) is 0 Å². The SMILES string of the molecule is CCN(CCC(=O)O)C(=O)COc1cc(C)cc(C)c1. The maximum absolute atomic E-state index is 11.9. The van der Waals surface area contributed by atoms with Crippen LogP contribution in [0.1, 0.15) is 24.5 Å². The molecule has 0 atom stereocenters. The second-order valence-corrected chi connectivity index (χ2v) is 4.73. The number of ether oxygens (including phenoxy) is 1. The van der Waals surface area contributed by atoms with Gasteiger partial charge in [0.25, 0.3) is 5.91 Å². The van der Waals surface area contributed by atoms with Crippen LogP contribution in [0.15, 0.2) is 18.2 Å². The van der Waals surface area contributed by atoms with Gasteiger partial charge < -0.3 is 14.7 Å². The zero-order valence-corrected chi connectivity index (χ0v) is 12.2. The molecule has 0 saturated heterocycles. The van der Waals surface area contributed by atoms with E-state index in [0.29, 0.717) is 12.3 Å². The van der Waals surface area contributed by atoms with Gasteiger partial charge in [-0.05, 0) is 44.0 Å². The Balaban J connectivity index is 2.54. The number of carboxylic acids is 1. The minimum atomic E-state index is -0.911. The molecule has 1 N–H and O–H groups in total. The van der Waals surface area contributed by atoms with Gasteiger partial charge in [0.15, 0.2) is 6.61 Å². The summed E-state index contributed by atoms with van der Waals surface area (Å²) in [6, 6.07) is 5.77. The number of rotatable bonds is 7. The van der Waals surface area contributed by atoms with Crippen LogP contribution in [0.25, 0.3) is 0 Å². The number of amides is 1. The summed E-state index contributed by atoms with van der Waals surface area (Å²) in [4.78, 5) is 23.9. The Hall–Kier alpha value is -2.04. The van der Waals surface area contributed by atoms with E-state index in [1.807, 2.05) is 39.0 Å². The molecule has 0 radical (unpaired) electrons. The molecule has 0 spiro atoms. The number of hydrogen-bond acceptors (Lipinski definition) is 3. The molecule has 5 nitrogen and oxygen atoms in total.